The number of hydrogen-bond acceptors (Lipinski definition) is 3. The lowest BCUT2D eigenvalue weighted by molar-refractivity contribution is -0.118. The third kappa shape index (κ3) is 4.77. The molecule has 1 aliphatic carbocycles. The highest BCUT2D eigenvalue weighted by Gasteiger charge is 2.27. The minimum atomic E-state index is -0.323. The summed E-state index contributed by atoms with van der Waals surface area (Å²) >= 11 is 6.81. The SMILES string of the molecule is CN(CC(=O)Nc1ccc(Br)cc1Br)C1CCCCC1O. The molecule has 0 aliphatic heterocycles. The molecule has 2 rings (SSSR count). The van der Waals surface area contributed by atoms with Crippen molar-refractivity contribution >= 4 is 43.5 Å². The van der Waals surface area contributed by atoms with Crippen LogP contribution < -0.4 is 5.32 Å². The van der Waals surface area contributed by atoms with Crippen molar-refractivity contribution in [2.24, 2.45) is 0 Å². The van der Waals surface area contributed by atoms with Crippen molar-refractivity contribution < 1.29 is 9.90 Å². The van der Waals surface area contributed by atoms with Gasteiger partial charge in [-0.25, -0.2) is 0 Å². The van der Waals surface area contributed by atoms with E-state index in [1.807, 2.05) is 30.1 Å². The van der Waals surface area contributed by atoms with Gasteiger partial charge in [0.05, 0.1) is 18.3 Å². The number of nitrogens with zero attached hydrogens (tertiary/aromatic N) is 1. The van der Waals surface area contributed by atoms with Gasteiger partial charge >= 0.3 is 0 Å². The van der Waals surface area contributed by atoms with Crippen LogP contribution in [0, 0.1) is 0 Å². The molecule has 0 aromatic heterocycles. The number of aliphatic hydroxyl groups excluding tert-OH is 1. The molecule has 116 valence electrons. The fourth-order valence-corrected chi connectivity index (χ4v) is 3.88. The van der Waals surface area contributed by atoms with Crippen LogP contribution in [0.4, 0.5) is 5.69 Å². The summed E-state index contributed by atoms with van der Waals surface area (Å²) in [7, 11) is 1.90. The highest BCUT2D eigenvalue weighted by molar-refractivity contribution is 9.11. The fourth-order valence-electron chi connectivity index (χ4n) is 2.73. The number of aliphatic hydroxyl groups is 1. The zero-order valence-corrected chi connectivity index (χ0v) is 15.2. The number of rotatable bonds is 4. The van der Waals surface area contributed by atoms with Crippen LogP contribution in [-0.2, 0) is 4.79 Å². The van der Waals surface area contributed by atoms with Crippen LogP contribution in [0.25, 0.3) is 0 Å². The van der Waals surface area contributed by atoms with Gasteiger partial charge < -0.3 is 10.4 Å². The number of hydrogen-bond donors (Lipinski definition) is 2. The van der Waals surface area contributed by atoms with Gasteiger partial charge in [-0.05, 0) is 54.0 Å². The molecule has 0 heterocycles. The molecule has 1 amide bonds. The van der Waals surface area contributed by atoms with Gasteiger partial charge in [-0.15, -0.1) is 0 Å². The van der Waals surface area contributed by atoms with Crippen molar-refractivity contribution in [3.05, 3.63) is 27.1 Å². The molecule has 1 aromatic carbocycles. The third-order valence-corrected chi connectivity index (χ3v) is 5.01. The molecule has 2 N–H and O–H groups in total. The first kappa shape index (κ1) is 16.9. The maximum absolute atomic E-state index is 12.1. The van der Waals surface area contributed by atoms with E-state index < -0.39 is 0 Å². The molecule has 0 spiro atoms. The van der Waals surface area contributed by atoms with Gasteiger partial charge in [0.25, 0.3) is 0 Å². The summed E-state index contributed by atoms with van der Waals surface area (Å²) in [4.78, 5) is 14.1. The quantitative estimate of drug-likeness (QED) is 0.786. The molecule has 1 aromatic rings. The molecule has 6 heteroatoms. The first-order valence-corrected chi connectivity index (χ1v) is 8.69. The largest absolute Gasteiger partial charge is 0.391 e. The van der Waals surface area contributed by atoms with E-state index in [1.165, 1.54) is 0 Å². The first-order chi connectivity index (χ1) is 9.97. The second-order valence-electron chi connectivity index (χ2n) is 5.51. The Kier molecular flexibility index (Phi) is 6.22. The van der Waals surface area contributed by atoms with Gasteiger partial charge in [0.1, 0.15) is 0 Å². The number of likely N-dealkylation sites (N-methyl/N-ethyl adjacent to an activating group) is 1. The van der Waals surface area contributed by atoms with Gasteiger partial charge in [-0.2, -0.15) is 0 Å². The summed E-state index contributed by atoms with van der Waals surface area (Å²) in [5, 5.41) is 12.9. The highest BCUT2D eigenvalue weighted by atomic mass is 79.9. The summed E-state index contributed by atoms with van der Waals surface area (Å²) in [6.07, 6.45) is 3.65. The van der Waals surface area contributed by atoms with E-state index in [-0.39, 0.29) is 24.6 Å². The van der Waals surface area contributed by atoms with Gasteiger partial charge in [0.15, 0.2) is 0 Å². The molecule has 2 unspecified atom stereocenters. The van der Waals surface area contributed by atoms with Crippen molar-refractivity contribution in [2.45, 2.75) is 37.8 Å². The number of carbonyl (C=O) groups is 1. The van der Waals surface area contributed by atoms with Crippen molar-refractivity contribution in [1.82, 2.24) is 4.90 Å². The molecular weight excluding hydrogens is 400 g/mol. The summed E-state index contributed by atoms with van der Waals surface area (Å²) in [6, 6.07) is 5.71. The summed E-state index contributed by atoms with van der Waals surface area (Å²) in [6.45, 7) is 0.282. The number of benzene rings is 1. The molecule has 0 bridgehead atoms. The second-order valence-corrected chi connectivity index (χ2v) is 7.28. The Hall–Kier alpha value is -0.430. The van der Waals surface area contributed by atoms with E-state index in [0.717, 1.165) is 40.3 Å². The number of carbonyl (C=O) groups excluding carboxylic acids is 1. The predicted octanol–water partition coefficient (Wildman–Crippen LogP) is 3.39. The third-order valence-electron chi connectivity index (χ3n) is 3.86. The fraction of sp³-hybridized carbons (Fsp3) is 0.533. The maximum Gasteiger partial charge on any atom is 0.238 e. The van der Waals surface area contributed by atoms with E-state index in [2.05, 4.69) is 37.2 Å². The zero-order chi connectivity index (χ0) is 15.4. The van der Waals surface area contributed by atoms with Crippen molar-refractivity contribution in [2.75, 3.05) is 18.9 Å². The standard InChI is InChI=1S/C15H20Br2N2O2/c1-19(13-4-2-3-5-14(13)20)9-15(21)18-12-7-6-10(16)8-11(12)17/h6-8,13-14,20H,2-5,9H2,1H3,(H,18,21). The van der Waals surface area contributed by atoms with Gasteiger partial charge in [-0.1, -0.05) is 28.8 Å². The van der Waals surface area contributed by atoms with Crippen LogP contribution in [-0.4, -0.2) is 41.7 Å². The Bertz CT molecular complexity index is 510. The molecule has 1 fully saturated rings. The smallest absolute Gasteiger partial charge is 0.238 e. The molecular formula is C15H20Br2N2O2. The van der Waals surface area contributed by atoms with Crippen molar-refractivity contribution in [3.63, 3.8) is 0 Å². The average molecular weight is 420 g/mol. The topological polar surface area (TPSA) is 52.6 Å². The lowest BCUT2D eigenvalue weighted by Gasteiger charge is -2.34. The van der Waals surface area contributed by atoms with Crippen molar-refractivity contribution in [1.29, 1.82) is 0 Å². The minimum absolute atomic E-state index is 0.0710. The highest BCUT2D eigenvalue weighted by Crippen LogP contribution is 2.26. The Morgan fingerprint density at radius 2 is 2.10 bits per heavy atom. The normalized spacial score (nSPS) is 22.3. The molecule has 2 atom stereocenters. The van der Waals surface area contributed by atoms with E-state index in [9.17, 15) is 9.90 Å². The molecule has 21 heavy (non-hydrogen) atoms. The molecule has 1 aliphatic rings. The molecule has 1 saturated carbocycles. The average Bonchev–Trinajstić information content (AvgIpc) is 2.42. The number of amides is 1. The molecule has 4 nitrogen and oxygen atoms in total. The van der Waals surface area contributed by atoms with Crippen LogP contribution in [0.1, 0.15) is 25.7 Å². The van der Waals surface area contributed by atoms with Crippen LogP contribution >= 0.6 is 31.9 Å². The lowest BCUT2D eigenvalue weighted by atomic mass is 9.91. The van der Waals surface area contributed by atoms with E-state index in [4.69, 9.17) is 0 Å². The van der Waals surface area contributed by atoms with Crippen molar-refractivity contribution in [3.8, 4) is 0 Å². The van der Waals surface area contributed by atoms with E-state index in [1.54, 1.807) is 0 Å². The lowest BCUT2D eigenvalue weighted by Crippen LogP contribution is -2.46. The first-order valence-electron chi connectivity index (χ1n) is 7.10. The van der Waals surface area contributed by atoms with E-state index >= 15 is 0 Å². The second kappa shape index (κ2) is 7.72. The Morgan fingerprint density at radius 1 is 1.38 bits per heavy atom. The number of nitrogens with one attached hydrogen (secondary N) is 1. The predicted molar refractivity (Wildman–Crippen MR) is 91.4 cm³/mol. The van der Waals surface area contributed by atoms with Crippen LogP contribution in [0.15, 0.2) is 27.1 Å². The summed E-state index contributed by atoms with van der Waals surface area (Å²) in [5.41, 5.74) is 0.751. The number of halogens is 2. The Labute approximate surface area is 142 Å². The van der Waals surface area contributed by atoms with Crippen LogP contribution in [0.3, 0.4) is 0 Å². The van der Waals surface area contributed by atoms with Gasteiger partial charge in [0.2, 0.25) is 5.91 Å². The number of anilines is 1. The molecule has 0 radical (unpaired) electrons. The van der Waals surface area contributed by atoms with E-state index in [0.29, 0.717) is 0 Å². The summed E-state index contributed by atoms with van der Waals surface area (Å²) in [5.74, 6) is -0.0710. The van der Waals surface area contributed by atoms with Gasteiger partial charge in [0, 0.05) is 15.0 Å². The Balaban J connectivity index is 1.91. The summed E-state index contributed by atoms with van der Waals surface area (Å²) < 4.78 is 1.79. The maximum atomic E-state index is 12.1. The minimum Gasteiger partial charge on any atom is -0.391 e. The molecule has 0 saturated heterocycles. The van der Waals surface area contributed by atoms with Crippen LogP contribution in [0.2, 0.25) is 0 Å². The van der Waals surface area contributed by atoms with Crippen LogP contribution in [0.5, 0.6) is 0 Å². The van der Waals surface area contributed by atoms with Gasteiger partial charge in [-0.3, -0.25) is 9.69 Å². The monoisotopic (exact) mass is 418 g/mol. The zero-order valence-electron chi connectivity index (χ0n) is 12.0. The Morgan fingerprint density at radius 3 is 2.76 bits per heavy atom.